The number of aliphatic hydroxyl groups is 1. The molecule has 0 saturated heterocycles. The van der Waals surface area contributed by atoms with Crippen molar-refractivity contribution in [2.24, 2.45) is 0 Å². The van der Waals surface area contributed by atoms with Gasteiger partial charge in [-0.05, 0) is 50.9 Å². The predicted octanol–water partition coefficient (Wildman–Crippen LogP) is 2.94. The predicted molar refractivity (Wildman–Crippen MR) is 76.9 cm³/mol. The Hall–Kier alpha value is -1.40. The van der Waals surface area contributed by atoms with Crippen LogP contribution in [0.5, 0.6) is 11.5 Å². The molecule has 6 heteroatoms. The van der Waals surface area contributed by atoms with E-state index in [1.165, 1.54) is 6.07 Å². The molecular formula is C15H23F2NO3. The van der Waals surface area contributed by atoms with Crippen LogP contribution in [0.15, 0.2) is 18.2 Å². The average molecular weight is 303 g/mol. The van der Waals surface area contributed by atoms with E-state index in [1.54, 1.807) is 26.0 Å². The van der Waals surface area contributed by atoms with Gasteiger partial charge >= 0.3 is 6.61 Å². The Labute approximate surface area is 124 Å². The minimum Gasteiger partial charge on any atom is -0.490 e. The van der Waals surface area contributed by atoms with Crippen molar-refractivity contribution in [3.63, 3.8) is 0 Å². The number of aliphatic hydroxyl groups excluding tert-OH is 1. The van der Waals surface area contributed by atoms with Crippen molar-refractivity contribution in [2.45, 2.75) is 45.9 Å². The third-order valence-electron chi connectivity index (χ3n) is 2.83. The quantitative estimate of drug-likeness (QED) is 0.653. The minimum absolute atomic E-state index is 0.0460. The fraction of sp³-hybridized carbons (Fsp3) is 0.600. The summed E-state index contributed by atoms with van der Waals surface area (Å²) >= 11 is 0. The molecule has 0 amide bonds. The largest absolute Gasteiger partial charge is 0.490 e. The van der Waals surface area contributed by atoms with Gasteiger partial charge in [0, 0.05) is 6.54 Å². The molecule has 21 heavy (non-hydrogen) atoms. The third-order valence-corrected chi connectivity index (χ3v) is 2.83. The lowest BCUT2D eigenvalue weighted by Gasteiger charge is -2.13. The second-order valence-corrected chi connectivity index (χ2v) is 4.76. The highest BCUT2D eigenvalue weighted by molar-refractivity contribution is 5.43. The standard InChI is InChI=1S/C15H23F2NO3/c1-3-20-14-9-12(6-7-13(14)21-15(16)17)10-18-8-4-5-11(2)19/h6-7,9,11,15,18-19H,3-5,8,10H2,1-2H3. The lowest BCUT2D eigenvalue weighted by atomic mass is 10.2. The molecule has 0 fully saturated rings. The first-order valence-corrected chi connectivity index (χ1v) is 7.12. The first-order valence-electron chi connectivity index (χ1n) is 7.12. The van der Waals surface area contributed by atoms with Crippen molar-refractivity contribution in [2.75, 3.05) is 13.2 Å². The Kier molecular flexibility index (Phi) is 8.00. The van der Waals surface area contributed by atoms with E-state index in [0.717, 1.165) is 24.9 Å². The number of ether oxygens (including phenoxy) is 2. The van der Waals surface area contributed by atoms with Crippen LogP contribution in [0.2, 0.25) is 0 Å². The maximum Gasteiger partial charge on any atom is 0.387 e. The van der Waals surface area contributed by atoms with Crippen LogP contribution >= 0.6 is 0 Å². The first-order chi connectivity index (χ1) is 10.0. The number of rotatable bonds is 10. The van der Waals surface area contributed by atoms with Crippen LogP contribution in [0.4, 0.5) is 8.78 Å². The Balaban J connectivity index is 2.53. The average Bonchev–Trinajstić information content (AvgIpc) is 2.40. The normalized spacial score (nSPS) is 12.5. The van der Waals surface area contributed by atoms with Crippen molar-refractivity contribution >= 4 is 0 Å². The van der Waals surface area contributed by atoms with Gasteiger partial charge in [-0.1, -0.05) is 6.07 Å². The molecule has 0 aliphatic rings. The zero-order chi connectivity index (χ0) is 15.7. The number of hydrogen-bond acceptors (Lipinski definition) is 4. The Morgan fingerprint density at radius 1 is 1.29 bits per heavy atom. The zero-order valence-electron chi connectivity index (χ0n) is 12.4. The monoisotopic (exact) mass is 303 g/mol. The van der Waals surface area contributed by atoms with Gasteiger partial charge in [-0.2, -0.15) is 8.78 Å². The Morgan fingerprint density at radius 2 is 2.05 bits per heavy atom. The van der Waals surface area contributed by atoms with E-state index in [0.29, 0.717) is 18.9 Å². The van der Waals surface area contributed by atoms with Gasteiger partial charge in [0.2, 0.25) is 0 Å². The summed E-state index contributed by atoms with van der Waals surface area (Å²) in [7, 11) is 0. The van der Waals surface area contributed by atoms with Crippen LogP contribution in [0.25, 0.3) is 0 Å². The van der Waals surface area contributed by atoms with Crippen LogP contribution in [-0.2, 0) is 6.54 Å². The molecule has 1 aromatic carbocycles. The molecule has 0 aliphatic carbocycles. The molecule has 0 heterocycles. The highest BCUT2D eigenvalue weighted by Crippen LogP contribution is 2.29. The Morgan fingerprint density at radius 3 is 2.67 bits per heavy atom. The highest BCUT2D eigenvalue weighted by atomic mass is 19.3. The van der Waals surface area contributed by atoms with Crippen LogP contribution in [0, 0.1) is 0 Å². The first kappa shape index (κ1) is 17.7. The smallest absolute Gasteiger partial charge is 0.387 e. The summed E-state index contributed by atoms with van der Waals surface area (Å²) in [6.07, 6.45) is 1.34. The number of hydrogen-bond donors (Lipinski definition) is 2. The van der Waals surface area contributed by atoms with Crippen LogP contribution < -0.4 is 14.8 Å². The number of benzene rings is 1. The molecule has 120 valence electrons. The summed E-state index contributed by atoms with van der Waals surface area (Å²) < 4.78 is 34.3. The van der Waals surface area contributed by atoms with Crippen molar-refractivity contribution < 1.29 is 23.4 Å². The van der Waals surface area contributed by atoms with Crippen molar-refractivity contribution in [1.29, 1.82) is 0 Å². The van der Waals surface area contributed by atoms with Gasteiger partial charge in [0.25, 0.3) is 0 Å². The van der Waals surface area contributed by atoms with E-state index in [2.05, 4.69) is 10.1 Å². The molecule has 0 spiro atoms. The second-order valence-electron chi connectivity index (χ2n) is 4.76. The van der Waals surface area contributed by atoms with Crippen molar-refractivity contribution in [3.8, 4) is 11.5 Å². The summed E-state index contributed by atoms with van der Waals surface area (Å²) in [5.74, 6) is 0.366. The lowest BCUT2D eigenvalue weighted by Crippen LogP contribution is -2.16. The third kappa shape index (κ3) is 7.24. The lowest BCUT2D eigenvalue weighted by molar-refractivity contribution is -0.0514. The van der Waals surface area contributed by atoms with Gasteiger partial charge in [-0.3, -0.25) is 0 Å². The Bertz CT molecular complexity index is 414. The van der Waals surface area contributed by atoms with Crippen LogP contribution in [-0.4, -0.2) is 31.0 Å². The van der Waals surface area contributed by atoms with Crippen molar-refractivity contribution in [3.05, 3.63) is 23.8 Å². The molecule has 1 rings (SSSR count). The van der Waals surface area contributed by atoms with Gasteiger partial charge in [-0.15, -0.1) is 0 Å². The van der Waals surface area contributed by atoms with Gasteiger partial charge in [-0.25, -0.2) is 0 Å². The van der Waals surface area contributed by atoms with E-state index in [4.69, 9.17) is 9.84 Å². The number of alkyl halides is 2. The number of halogens is 2. The van der Waals surface area contributed by atoms with Gasteiger partial charge in [0.15, 0.2) is 11.5 Å². The highest BCUT2D eigenvalue weighted by Gasteiger charge is 2.11. The van der Waals surface area contributed by atoms with Gasteiger partial charge in [0.1, 0.15) is 0 Å². The molecule has 0 radical (unpaired) electrons. The molecule has 2 N–H and O–H groups in total. The molecule has 0 bridgehead atoms. The van der Waals surface area contributed by atoms with E-state index < -0.39 is 6.61 Å². The zero-order valence-corrected chi connectivity index (χ0v) is 12.4. The van der Waals surface area contributed by atoms with E-state index >= 15 is 0 Å². The topological polar surface area (TPSA) is 50.7 Å². The minimum atomic E-state index is -2.87. The maximum atomic E-state index is 12.3. The summed E-state index contributed by atoms with van der Waals surface area (Å²) in [6, 6.07) is 4.91. The van der Waals surface area contributed by atoms with Crippen molar-refractivity contribution in [1.82, 2.24) is 5.32 Å². The van der Waals surface area contributed by atoms with Gasteiger partial charge < -0.3 is 19.9 Å². The molecule has 0 aliphatic heterocycles. The van der Waals surface area contributed by atoms with Crippen LogP contribution in [0.1, 0.15) is 32.3 Å². The summed E-state index contributed by atoms with van der Waals surface area (Å²) in [5.41, 5.74) is 0.928. The number of nitrogens with one attached hydrogen (secondary N) is 1. The maximum absolute atomic E-state index is 12.3. The fourth-order valence-electron chi connectivity index (χ4n) is 1.88. The summed E-state index contributed by atoms with van der Waals surface area (Å²) in [4.78, 5) is 0. The SMILES string of the molecule is CCOc1cc(CNCCCC(C)O)ccc1OC(F)F. The summed E-state index contributed by atoms with van der Waals surface area (Å²) in [5, 5.41) is 12.4. The molecule has 4 nitrogen and oxygen atoms in total. The molecule has 1 atom stereocenters. The van der Waals surface area contributed by atoms with E-state index in [-0.39, 0.29) is 11.9 Å². The molecular weight excluding hydrogens is 280 g/mol. The van der Waals surface area contributed by atoms with Gasteiger partial charge in [0.05, 0.1) is 12.7 Å². The second kappa shape index (κ2) is 9.52. The molecule has 0 aromatic heterocycles. The fourth-order valence-corrected chi connectivity index (χ4v) is 1.88. The molecule has 1 unspecified atom stereocenters. The molecule has 1 aromatic rings. The molecule has 0 saturated carbocycles. The van der Waals surface area contributed by atoms with Crippen LogP contribution in [0.3, 0.4) is 0 Å². The van der Waals surface area contributed by atoms with E-state index in [9.17, 15) is 8.78 Å². The van der Waals surface area contributed by atoms with E-state index in [1.807, 2.05) is 0 Å². The summed E-state index contributed by atoms with van der Waals surface area (Å²) in [6.45, 7) is 2.45.